The number of hydrogen-bond acceptors (Lipinski definition) is 6. The first-order chi connectivity index (χ1) is 14.2. The molecule has 1 N–H and O–H groups in total. The zero-order valence-corrected chi connectivity index (χ0v) is 15.8. The minimum Gasteiger partial charge on any atom is -0.497 e. The zero-order valence-electron chi connectivity index (χ0n) is 15.8. The van der Waals surface area contributed by atoms with Crippen LogP contribution in [0.15, 0.2) is 51.7 Å². The van der Waals surface area contributed by atoms with Crippen LogP contribution in [0, 0.1) is 0 Å². The number of methoxy groups -OCH3 is 2. The van der Waals surface area contributed by atoms with Gasteiger partial charge in [-0.3, -0.25) is 4.79 Å². The topological polar surface area (TPSA) is 87.0 Å². The lowest BCUT2D eigenvalue weighted by Gasteiger charge is -2.13. The molecule has 0 radical (unpaired) electrons. The minimum atomic E-state index is -4.72. The van der Waals surface area contributed by atoms with Gasteiger partial charge in [-0.25, -0.2) is 4.79 Å². The van der Waals surface area contributed by atoms with Gasteiger partial charge in [-0.1, -0.05) is 0 Å². The molecule has 0 aliphatic carbocycles. The Kier molecular flexibility index (Phi) is 5.86. The van der Waals surface area contributed by atoms with Crippen molar-refractivity contribution in [2.45, 2.75) is 6.18 Å². The second-order valence-corrected chi connectivity index (χ2v) is 6.04. The van der Waals surface area contributed by atoms with E-state index >= 15 is 0 Å². The van der Waals surface area contributed by atoms with E-state index in [-0.39, 0.29) is 16.7 Å². The number of benzene rings is 2. The Bertz CT molecular complexity index is 1140. The van der Waals surface area contributed by atoms with Crippen molar-refractivity contribution in [2.75, 3.05) is 26.1 Å². The van der Waals surface area contributed by atoms with Crippen LogP contribution in [0.2, 0.25) is 0 Å². The average Bonchev–Trinajstić information content (AvgIpc) is 2.70. The predicted octanol–water partition coefficient (Wildman–Crippen LogP) is 3.85. The second kappa shape index (κ2) is 8.36. The molecule has 0 saturated heterocycles. The molecule has 10 heteroatoms. The molecule has 0 bridgehead atoms. The fourth-order valence-corrected chi connectivity index (χ4v) is 2.71. The molecule has 1 heterocycles. The molecule has 0 atom stereocenters. The molecule has 0 saturated carbocycles. The third-order valence-corrected chi connectivity index (χ3v) is 4.07. The number of fused-ring (bicyclic) bond motifs is 1. The highest BCUT2D eigenvalue weighted by molar-refractivity contribution is 5.93. The van der Waals surface area contributed by atoms with Crippen LogP contribution < -0.4 is 25.2 Å². The Balaban J connectivity index is 1.76. The van der Waals surface area contributed by atoms with Gasteiger partial charge in [0.05, 0.1) is 25.5 Å². The van der Waals surface area contributed by atoms with Crippen LogP contribution in [0.3, 0.4) is 0 Å². The summed E-state index contributed by atoms with van der Waals surface area (Å²) in [6.07, 6.45) is -4.72. The lowest BCUT2D eigenvalue weighted by atomic mass is 10.1. The quantitative estimate of drug-likeness (QED) is 0.606. The van der Waals surface area contributed by atoms with Crippen molar-refractivity contribution in [1.29, 1.82) is 0 Å². The highest BCUT2D eigenvalue weighted by Crippen LogP contribution is 2.35. The number of nitrogens with one attached hydrogen (secondary N) is 1. The summed E-state index contributed by atoms with van der Waals surface area (Å²) in [4.78, 5) is 23.7. The van der Waals surface area contributed by atoms with Crippen molar-refractivity contribution < 1.29 is 36.6 Å². The maximum atomic E-state index is 13.1. The van der Waals surface area contributed by atoms with E-state index in [0.717, 1.165) is 12.1 Å². The van der Waals surface area contributed by atoms with Gasteiger partial charge in [0.2, 0.25) is 0 Å². The zero-order chi connectivity index (χ0) is 21.9. The standard InChI is InChI=1S/C20H16F3NO6/c1-27-11-4-6-16(28-2)15(7-11)24-18(25)10-29-12-3-5-13-14(20(21,22)23)9-19(26)30-17(13)8-12/h3-9H,10H2,1-2H3,(H,24,25). The molecule has 0 fully saturated rings. The molecule has 0 aliphatic rings. The maximum absolute atomic E-state index is 13.1. The van der Waals surface area contributed by atoms with E-state index in [4.69, 9.17) is 18.6 Å². The molecule has 2 aromatic carbocycles. The van der Waals surface area contributed by atoms with E-state index in [9.17, 15) is 22.8 Å². The number of rotatable bonds is 6. The third kappa shape index (κ3) is 4.65. The highest BCUT2D eigenvalue weighted by atomic mass is 19.4. The van der Waals surface area contributed by atoms with E-state index in [1.807, 2.05) is 0 Å². The van der Waals surface area contributed by atoms with Gasteiger partial charge in [0.1, 0.15) is 22.8 Å². The SMILES string of the molecule is COc1ccc(OC)c(NC(=O)COc2ccc3c(C(F)(F)F)cc(=O)oc3c2)c1. The van der Waals surface area contributed by atoms with Gasteiger partial charge >= 0.3 is 11.8 Å². The summed E-state index contributed by atoms with van der Waals surface area (Å²) in [5.41, 5.74) is -2.20. The van der Waals surface area contributed by atoms with Gasteiger partial charge in [0, 0.05) is 23.6 Å². The molecular weight excluding hydrogens is 407 g/mol. The fourth-order valence-electron chi connectivity index (χ4n) is 2.71. The highest BCUT2D eigenvalue weighted by Gasteiger charge is 2.33. The van der Waals surface area contributed by atoms with Crippen molar-refractivity contribution in [1.82, 2.24) is 0 Å². The molecule has 0 unspecified atom stereocenters. The number of hydrogen-bond donors (Lipinski definition) is 1. The van der Waals surface area contributed by atoms with E-state index in [1.165, 1.54) is 20.3 Å². The third-order valence-electron chi connectivity index (χ3n) is 4.07. The molecule has 7 nitrogen and oxygen atoms in total. The molecule has 3 aromatic rings. The van der Waals surface area contributed by atoms with Crippen LogP contribution >= 0.6 is 0 Å². The van der Waals surface area contributed by atoms with Crippen molar-refractivity contribution in [2.24, 2.45) is 0 Å². The van der Waals surface area contributed by atoms with Gasteiger partial charge in [0.25, 0.3) is 5.91 Å². The Morgan fingerprint density at radius 1 is 1.03 bits per heavy atom. The summed E-state index contributed by atoms with van der Waals surface area (Å²) in [6.45, 7) is -0.449. The average molecular weight is 423 g/mol. The van der Waals surface area contributed by atoms with Crippen molar-refractivity contribution in [3.05, 3.63) is 58.4 Å². The van der Waals surface area contributed by atoms with Gasteiger partial charge in [-0.15, -0.1) is 0 Å². The summed E-state index contributed by atoms with van der Waals surface area (Å²) in [5, 5.41) is 2.30. The number of carbonyl (C=O) groups is 1. The van der Waals surface area contributed by atoms with Crippen LogP contribution in [0.25, 0.3) is 11.0 Å². The molecule has 158 valence electrons. The molecule has 1 aromatic heterocycles. The number of amides is 1. The van der Waals surface area contributed by atoms with Crippen LogP contribution in [0.4, 0.5) is 18.9 Å². The molecule has 0 aliphatic heterocycles. The van der Waals surface area contributed by atoms with Crippen LogP contribution in [0.5, 0.6) is 17.2 Å². The maximum Gasteiger partial charge on any atom is 0.417 e. The Hall–Kier alpha value is -3.69. The van der Waals surface area contributed by atoms with E-state index in [1.54, 1.807) is 18.2 Å². The van der Waals surface area contributed by atoms with Gasteiger partial charge in [0.15, 0.2) is 6.61 Å². The van der Waals surface area contributed by atoms with Gasteiger partial charge in [-0.05, 0) is 24.3 Å². The van der Waals surface area contributed by atoms with Crippen molar-refractivity contribution in [3.8, 4) is 17.2 Å². The van der Waals surface area contributed by atoms with Gasteiger partial charge < -0.3 is 23.9 Å². The van der Waals surface area contributed by atoms with E-state index in [2.05, 4.69) is 5.32 Å². The second-order valence-electron chi connectivity index (χ2n) is 6.04. The van der Waals surface area contributed by atoms with E-state index in [0.29, 0.717) is 23.3 Å². The van der Waals surface area contributed by atoms with Crippen molar-refractivity contribution in [3.63, 3.8) is 0 Å². The largest absolute Gasteiger partial charge is 0.497 e. The summed E-state index contributed by atoms with van der Waals surface area (Å²) in [6, 6.07) is 8.68. The number of ether oxygens (including phenoxy) is 3. The van der Waals surface area contributed by atoms with Crippen LogP contribution in [-0.2, 0) is 11.0 Å². The first-order valence-electron chi connectivity index (χ1n) is 8.51. The fraction of sp³-hybridized carbons (Fsp3) is 0.200. The van der Waals surface area contributed by atoms with E-state index < -0.39 is 29.9 Å². The summed E-state index contributed by atoms with van der Waals surface area (Å²) < 4.78 is 59.7. The molecule has 3 rings (SSSR count). The lowest BCUT2D eigenvalue weighted by Crippen LogP contribution is -2.20. The smallest absolute Gasteiger partial charge is 0.417 e. The van der Waals surface area contributed by atoms with Crippen molar-refractivity contribution >= 4 is 22.6 Å². The van der Waals surface area contributed by atoms with Crippen LogP contribution in [-0.4, -0.2) is 26.7 Å². The number of anilines is 1. The molecule has 1 amide bonds. The Morgan fingerprint density at radius 2 is 1.77 bits per heavy atom. The summed E-state index contributed by atoms with van der Waals surface area (Å²) in [7, 11) is 2.91. The number of alkyl halides is 3. The first-order valence-corrected chi connectivity index (χ1v) is 8.51. The summed E-state index contributed by atoms with van der Waals surface area (Å²) in [5.74, 6) is 0.401. The first kappa shape index (κ1) is 21.0. The number of halogens is 3. The molecule has 30 heavy (non-hydrogen) atoms. The monoisotopic (exact) mass is 423 g/mol. The Morgan fingerprint density at radius 3 is 2.43 bits per heavy atom. The molecule has 0 spiro atoms. The van der Waals surface area contributed by atoms with Crippen LogP contribution in [0.1, 0.15) is 5.56 Å². The number of carbonyl (C=O) groups excluding carboxylic acids is 1. The predicted molar refractivity (Wildman–Crippen MR) is 101 cm³/mol. The Labute approximate surface area is 168 Å². The summed E-state index contributed by atoms with van der Waals surface area (Å²) >= 11 is 0. The molecular formula is C20H16F3NO6. The minimum absolute atomic E-state index is 0.0535. The normalized spacial score (nSPS) is 11.2. The lowest BCUT2D eigenvalue weighted by molar-refractivity contribution is -0.136. The van der Waals surface area contributed by atoms with Gasteiger partial charge in [-0.2, -0.15) is 13.2 Å².